The Morgan fingerprint density at radius 3 is 3.00 bits per heavy atom. The van der Waals surface area contributed by atoms with E-state index in [4.69, 9.17) is 26.9 Å². The smallest absolute Gasteiger partial charge is 0.123 e. The van der Waals surface area contributed by atoms with Gasteiger partial charge in [0.2, 0.25) is 0 Å². The van der Waals surface area contributed by atoms with E-state index >= 15 is 0 Å². The molecule has 0 saturated carbocycles. The topological polar surface area (TPSA) is 56.5 Å². The van der Waals surface area contributed by atoms with E-state index in [0.29, 0.717) is 10.9 Å². The molecule has 1 aromatic carbocycles. The van der Waals surface area contributed by atoms with Crippen LogP contribution in [0, 0.1) is 5.92 Å². The van der Waals surface area contributed by atoms with Gasteiger partial charge in [0.25, 0.3) is 0 Å². The van der Waals surface area contributed by atoms with Gasteiger partial charge in [0.1, 0.15) is 5.75 Å². The highest BCUT2D eigenvalue weighted by Gasteiger charge is 2.35. The van der Waals surface area contributed by atoms with E-state index < -0.39 is 0 Å². The van der Waals surface area contributed by atoms with Crippen LogP contribution in [0.1, 0.15) is 31.4 Å². The van der Waals surface area contributed by atoms with Crippen molar-refractivity contribution < 1.29 is 9.47 Å². The van der Waals surface area contributed by atoms with Crippen molar-refractivity contribution in [3.63, 3.8) is 0 Å². The molecule has 1 saturated heterocycles. The van der Waals surface area contributed by atoms with Crippen LogP contribution in [0.3, 0.4) is 0 Å². The van der Waals surface area contributed by atoms with Gasteiger partial charge in [-0.2, -0.15) is 0 Å². The molecule has 3 N–H and O–H groups in total. The molecule has 4 nitrogen and oxygen atoms in total. The second kappa shape index (κ2) is 6.57. The summed E-state index contributed by atoms with van der Waals surface area (Å²) in [6.45, 7) is 2.91. The largest absolute Gasteiger partial charge is 0.496 e. The van der Waals surface area contributed by atoms with E-state index in [0.717, 1.165) is 30.8 Å². The fourth-order valence-electron chi connectivity index (χ4n) is 2.86. The zero-order valence-electron chi connectivity index (χ0n) is 11.4. The van der Waals surface area contributed by atoms with Gasteiger partial charge in [-0.05, 0) is 31.0 Å². The van der Waals surface area contributed by atoms with Gasteiger partial charge in [-0.3, -0.25) is 11.3 Å². The highest BCUT2D eigenvalue weighted by molar-refractivity contribution is 6.30. The highest BCUT2D eigenvalue weighted by Crippen LogP contribution is 2.38. The van der Waals surface area contributed by atoms with Crippen molar-refractivity contribution in [2.45, 2.75) is 31.9 Å². The average molecular weight is 285 g/mol. The third kappa shape index (κ3) is 3.03. The summed E-state index contributed by atoms with van der Waals surface area (Å²) in [6.07, 6.45) is 2.19. The van der Waals surface area contributed by atoms with Gasteiger partial charge in [-0.15, -0.1) is 0 Å². The molecule has 0 amide bonds. The lowest BCUT2D eigenvalue weighted by Gasteiger charge is -2.28. The molecule has 2 rings (SSSR count). The molecule has 0 spiro atoms. The van der Waals surface area contributed by atoms with Crippen molar-refractivity contribution in [1.82, 2.24) is 5.43 Å². The Hall–Kier alpha value is -0.810. The van der Waals surface area contributed by atoms with E-state index in [-0.39, 0.29) is 12.1 Å². The Balaban J connectivity index is 2.33. The number of nitrogens with two attached hydrogens (primary N) is 1. The Bertz CT molecular complexity index is 428. The van der Waals surface area contributed by atoms with Gasteiger partial charge in [0.05, 0.1) is 19.3 Å². The number of rotatable bonds is 5. The number of ether oxygens (including phenoxy) is 2. The van der Waals surface area contributed by atoms with Crippen molar-refractivity contribution in [2.75, 3.05) is 13.7 Å². The van der Waals surface area contributed by atoms with Crippen LogP contribution in [0.25, 0.3) is 0 Å². The van der Waals surface area contributed by atoms with Crippen molar-refractivity contribution in [1.29, 1.82) is 0 Å². The Labute approximate surface area is 119 Å². The first-order valence-electron chi connectivity index (χ1n) is 6.62. The summed E-state index contributed by atoms with van der Waals surface area (Å²) in [5.41, 5.74) is 3.90. The molecule has 5 heteroatoms. The normalized spacial score (nSPS) is 24.4. The molecular weight excluding hydrogens is 264 g/mol. The fraction of sp³-hybridized carbons (Fsp3) is 0.571. The van der Waals surface area contributed by atoms with Gasteiger partial charge in [-0.1, -0.05) is 18.5 Å². The lowest BCUT2D eigenvalue weighted by molar-refractivity contribution is 0.0771. The number of hydrazine groups is 1. The third-order valence-corrected chi connectivity index (χ3v) is 4.03. The van der Waals surface area contributed by atoms with Crippen molar-refractivity contribution in [3.8, 4) is 5.75 Å². The second-order valence-electron chi connectivity index (χ2n) is 4.80. The maximum absolute atomic E-state index is 6.10. The molecule has 1 aromatic rings. The minimum absolute atomic E-state index is 0.0129. The zero-order valence-corrected chi connectivity index (χ0v) is 12.1. The summed E-state index contributed by atoms with van der Waals surface area (Å²) in [5, 5.41) is 0.683. The van der Waals surface area contributed by atoms with Crippen LogP contribution in [0.2, 0.25) is 5.02 Å². The summed E-state index contributed by atoms with van der Waals surface area (Å²) < 4.78 is 11.2. The predicted molar refractivity (Wildman–Crippen MR) is 76.2 cm³/mol. The van der Waals surface area contributed by atoms with Crippen molar-refractivity contribution in [3.05, 3.63) is 28.8 Å². The quantitative estimate of drug-likeness (QED) is 0.645. The summed E-state index contributed by atoms with van der Waals surface area (Å²) in [7, 11) is 1.66. The van der Waals surface area contributed by atoms with Gasteiger partial charge in [0, 0.05) is 23.1 Å². The number of hydrogen-bond donors (Lipinski definition) is 2. The van der Waals surface area contributed by atoms with Gasteiger partial charge in [0.15, 0.2) is 0 Å². The van der Waals surface area contributed by atoms with Crippen molar-refractivity contribution in [2.24, 2.45) is 11.8 Å². The molecule has 1 heterocycles. The number of hydrogen-bond acceptors (Lipinski definition) is 4. The first-order valence-corrected chi connectivity index (χ1v) is 7.00. The van der Waals surface area contributed by atoms with E-state index in [2.05, 4.69) is 12.3 Å². The maximum Gasteiger partial charge on any atom is 0.123 e. The molecule has 19 heavy (non-hydrogen) atoms. The molecule has 3 unspecified atom stereocenters. The van der Waals surface area contributed by atoms with Gasteiger partial charge >= 0.3 is 0 Å². The molecule has 106 valence electrons. The zero-order chi connectivity index (χ0) is 13.8. The standard InChI is InChI=1S/C14H21ClN2O2/c1-3-12-10(6-7-19-12)14(17-16)11-8-9(15)4-5-13(11)18-2/h4-5,8,10,12,14,17H,3,6-7,16H2,1-2H3. The third-order valence-electron chi connectivity index (χ3n) is 3.80. The van der Waals surface area contributed by atoms with E-state index in [1.165, 1.54) is 0 Å². The van der Waals surface area contributed by atoms with Crippen LogP contribution >= 0.6 is 11.6 Å². The van der Waals surface area contributed by atoms with Gasteiger partial charge < -0.3 is 9.47 Å². The molecular formula is C14H21ClN2O2. The fourth-order valence-corrected chi connectivity index (χ4v) is 3.04. The summed E-state index contributed by atoms with van der Waals surface area (Å²) >= 11 is 6.10. The van der Waals surface area contributed by atoms with Crippen LogP contribution in [0.15, 0.2) is 18.2 Å². The Morgan fingerprint density at radius 1 is 1.58 bits per heavy atom. The predicted octanol–water partition coefficient (Wildman–Crippen LogP) is 2.67. The van der Waals surface area contributed by atoms with Crippen molar-refractivity contribution >= 4 is 11.6 Å². The van der Waals surface area contributed by atoms with Crippen LogP contribution in [0.4, 0.5) is 0 Å². The minimum atomic E-state index is -0.0129. The van der Waals surface area contributed by atoms with E-state index in [1.807, 2.05) is 18.2 Å². The number of benzene rings is 1. The second-order valence-corrected chi connectivity index (χ2v) is 5.24. The average Bonchev–Trinajstić information content (AvgIpc) is 2.88. The summed E-state index contributed by atoms with van der Waals surface area (Å²) in [4.78, 5) is 0. The molecule has 0 radical (unpaired) electrons. The molecule has 0 aromatic heterocycles. The van der Waals surface area contributed by atoms with Crippen LogP contribution in [0.5, 0.6) is 5.75 Å². The summed E-state index contributed by atoms with van der Waals surface area (Å²) in [6, 6.07) is 5.59. The highest BCUT2D eigenvalue weighted by atomic mass is 35.5. The number of halogens is 1. The van der Waals surface area contributed by atoms with E-state index in [9.17, 15) is 0 Å². The number of nitrogens with one attached hydrogen (secondary N) is 1. The molecule has 1 fully saturated rings. The lowest BCUT2D eigenvalue weighted by Crippen LogP contribution is -2.37. The van der Waals surface area contributed by atoms with Crippen LogP contribution in [-0.4, -0.2) is 19.8 Å². The molecule has 0 bridgehead atoms. The molecule has 1 aliphatic heterocycles. The monoisotopic (exact) mass is 284 g/mol. The van der Waals surface area contributed by atoms with Gasteiger partial charge in [-0.25, -0.2) is 0 Å². The Morgan fingerprint density at radius 2 is 2.37 bits per heavy atom. The first-order chi connectivity index (χ1) is 9.21. The minimum Gasteiger partial charge on any atom is -0.496 e. The lowest BCUT2D eigenvalue weighted by atomic mass is 9.86. The van der Waals surface area contributed by atoms with Crippen LogP contribution < -0.4 is 16.0 Å². The van der Waals surface area contributed by atoms with E-state index in [1.54, 1.807) is 7.11 Å². The summed E-state index contributed by atoms with van der Waals surface area (Å²) in [5.74, 6) is 6.91. The Kier molecular flexibility index (Phi) is 5.05. The molecule has 0 aliphatic carbocycles. The SMILES string of the molecule is CCC1OCCC1C(NN)c1cc(Cl)ccc1OC. The van der Waals surface area contributed by atoms with Crippen LogP contribution in [-0.2, 0) is 4.74 Å². The first kappa shape index (κ1) is 14.6. The maximum atomic E-state index is 6.10. The number of methoxy groups -OCH3 is 1. The molecule has 1 aliphatic rings. The molecule has 3 atom stereocenters.